The van der Waals surface area contributed by atoms with Crippen LogP contribution in [-0.2, 0) is 20.8 Å². The molecule has 1 aromatic rings. The zero-order valence-electron chi connectivity index (χ0n) is 13.5. The first kappa shape index (κ1) is 19.7. The quantitative estimate of drug-likeness (QED) is 0.632. The first-order chi connectivity index (χ1) is 11.7. The number of halogens is 2. The number of hydrogen-bond acceptors (Lipinski definition) is 4. The Morgan fingerprint density at radius 2 is 2.16 bits per heavy atom. The van der Waals surface area contributed by atoms with Gasteiger partial charge in [-0.25, -0.2) is 0 Å². The SMILES string of the molecule is CC(=O)N1C[C@H](O)C[C@H]1C(=O)N[C@@H](Cc1cc(Cl)ccc1Br)C(N)=O. The molecule has 1 aliphatic heterocycles. The number of aliphatic hydroxyl groups excluding tert-OH is 1. The lowest BCUT2D eigenvalue weighted by atomic mass is 10.0. The Morgan fingerprint density at radius 3 is 2.76 bits per heavy atom. The van der Waals surface area contributed by atoms with Crippen molar-refractivity contribution in [2.24, 2.45) is 5.73 Å². The van der Waals surface area contributed by atoms with Crippen molar-refractivity contribution in [1.82, 2.24) is 10.2 Å². The average molecular weight is 433 g/mol. The Kier molecular flexibility index (Phi) is 6.42. The van der Waals surface area contributed by atoms with E-state index >= 15 is 0 Å². The molecule has 3 atom stereocenters. The first-order valence-corrected chi connectivity index (χ1v) is 8.85. The van der Waals surface area contributed by atoms with Crippen LogP contribution in [-0.4, -0.2) is 52.5 Å². The molecular formula is C16H19BrClN3O4. The number of benzene rings is 1. The second kappa shape index (κ2) is 8.16. The zero-order chi connectivity index (χ0) is 18.7. The van der Waals surface area contributed by atoms with Crippen LogP contribution in [0.3, 0.4) is 0 Å². The molecule has 9 heteroatoms. The zero-order valence-corrected chi connectivity index (χ0v) is 15.9. The van der Waals surface area contributed by atoms with E-state index in [1.54, 1.807) is 18.2 Å². The van der Waals surface area contributed by atoms with Gasteiger partial charge in [0.05, 0.1) is 6.10 Å². The van der Waals surface area contributed by atoms with Crippen molar-refractivity contribution < 1.29 is 19.5 Å². The third-order valence-electron chi connectivity index (χ3n) is 4.08. The van der Waals surface area contributed by atoms with Crippen LogP contribution in [0, 0.1) is 0 Å². The molecule has 2 rings (SSSR count). The maximum absolute atomic E-state index is 12.5. The number of primary amides is 1. The molecule has 0 bridgehead atoms. The predicted molar refractivity (Wildman–Crippen MR) is 95.8 cm³/mol. The minimum atomic E-state index is -0.964. The number of β-amino-alcohol motifs (C(OH)–C–C–N with tert-alkyl or cyclic N) is 1. The van der Waals surface area contributed by atoms with Crippen LogP contribution in [0.25, 0.3) is 0 Å². The number of amides is 3. The van der Waals surface area contributed by atoms with Gasteiger partial charge in [-0.2, -0.15) is 0 Å². The molecule has 1 aromatic carbocycles. The normalized spacial score (nSPS) is 21.0. The van der Waals surface area contributed by atoms with Gasteiger partial charge in [-0.15, -0.1) is 0 Å². The average Bonchev–Trinajstić information content (AvgIpc) is 2.92. The second-order valence-electron chi connectivity index (χ2n) is 5.98. The van der Waals surface area contributed by atoms with Crippen LogP contribution in [0.4, 0.5) is 0 Å². The van der Waals surface area contributed by atoms with E-state index in [1.807, 2.05) is 0 Å². The molecule has 0 aromatic heterocycles. The molecule has 7 nitrogen and oxygen atoms in total. The minimum absolute atomic E-state index is 0.0918. The van der Waals surface area contributed by atoms with Crippen LogP contribution < -0.4 is 11.1 Å². The minimum Gasteiger partial charge on any atom is -0.391 e. The van der Waals surface area contributed by atoms with Gasteiger partial charge >= 0.3 is 0 Å². The largest absolute Gasteiger partial charge is 0.391 e. The Balaban J connectivity index is 2.13. The first-order valence-electron chi connectivity index (χ1n) is 7.68. The van der Waals surface area contributed by atoms with E-state index in [-0.39, 0.29) is 25.3 Å². The lowest BCUT2D eigenvalue weighted by molar-refractivity contribution is -0.138. The highest BCUT2D eigenvalue weighted by Gasteiger charge is 2.38. The van der Waals surface area contributed by atoms with Crippen molar-refractivity contribution in [3.8, 4) is 0 Å². The van der Waals surface area contributed by atoms with E-state index < -0.39 is 30.0 Å². The van der Waals surface area contributed by atoms with E-state index in [0.29, 0.717) is 10.6 Å². The summed E-state index contributed by atoms with van der Waals surface area (Å²) in [6.07, 6.45) is -0.497. The number of nitrogens with zero attached hydrogens (tertiary/aromatic N) is 1. The van der Waals surface area contributed by atoms with Gasteiger partial charge in [0.25, 0.3) is 0 Å². The molecule has 136 valence electrons. The highest BCUT2D eigenvalue weighted by molar-refractivity contribution is 9.10. The number of aliphatic hydroxyl groups is 1. The van der Waals surface area contributed by atoms with Gasteiger partial charge in [-0.1, -0.05) is 27.5 Å². The highest BCUT2D eigenvalue weighted by atomic mass is 79.9. The molecule has 0 spiro atoms. The van der Waals surface area contributed by atoms with Gasteiger partial charge in [0.15, 0.2) is 0 Å². The smallest absolute Gasteiger partial charge is 0.243 e. The van der Waals surface area contributed by atoms with Crippen molar-refractivity contribution in [2.45, 2.75) is 38.0 Å². The van der Waals surface area contributed by atoms with Gasteiger partial charge in [-0.3, -0.25) is 14.4 Å². The monoisotopic (exact) mass is 431 g/mol. The topological polar surface area (TPSA) is 113 Å². The molecule has 1 fully saturated rings. The predicted octanol–water partition coefficient (Wildman–Crippen LogP) is 0.597. The van der Waals surface area contributed by atoms with Gasteiger partial charge in [0.2, 0.25) is 17.7 Å². The summed E-state index contributed by atoms with van der Waals surface area (Å²) in [5, 5.41) is 12.8. The lowest BCUT2D eigenvalue weighted by Crippen LogP contribution is -2.52. The number of rotatable bonds is 5. The van der Waals surface area contributed by atoms with E-state index in [1.165, 1.54) is 11.8 Å². The molecule has 1 saturated heterocycles. The standard InChI is InChI=1S/C16H19BrClN3O4/c1-8(22)21-7-11(23)6-14(21)16(25)20-13(15(19)24)5-9-4-10(18)2-3-12(9)17/h2-4,11,13-14,23H,5-7H2,1H3,(H2,19,24)(H,20,25)/t11-,13+,14+/m1/s1. The van der Waals surface area contributed by atoms with E-state index in [2.05, 4.69) is 21.2 Å². The Morgan fingerprint density at radius 1 is 1.48 bits per heavy atom. The van der Waals surface area contributed by atoms with Crippen LogP contribution in [0.2, 0.25) is 5.02 Å². The highest BCUT2D eigenvalue weighted by Crippen LogP contribution is 2.23. The second-order valence-corrected chi connectivity index (χ2v) is 7.27. The number of hydrogen-bond donors (Lipinski definition) is 3. The summed E-state index contributed by atoms with van der Waals surface area (Å²) in [5.41, 5.74) is 6.12. The third kappa shape index (κ3) is 4.93. The third-order valence-corrected chi connectivity index (χ3v) is 5.09. The van der Waals surface area contributed by atoms with Crippen LogP contribution in [0.1, 0.15) is 18.9 Å². The summed E-state index contributed by atoms with van der Waals surface area (Å²) in [7, 11) is 0. The number of carbonyl (C=O) groups excluding carboxylic acids is 3. The van der Waals surface area contributed by atoms with E-state index in [4.69, 9.17) is 17.3 Å². The number of nitrogens with one attached hydrogen (secondary N) is 1. The fourth-order valence-electron chi connectivity index (χ4n) is 2.82. The molecule has 0 radical (unpaired) electrons. The molecule has 0 unspecified atom stereocenters. The maximum atomic E-state index is 12.5. The van der Waals surface area contributed by atoms with Crippen LogP contribution in [0.5, 0.6) is 0 Å². The Bertz CT molecular complexity index is 700. The summed E-state index contributed by atoms with van der Waals surface area (Å²) < 4.78 is 0.735. The summed E-state index contributed by atoms with van der Waals surface area (Å²) >= 11 is 9.33. The van der Waals surface area contributed by atoms with Crippen molar-refractivity contribution in [1.29, 1.82) is 0 Å². The molecule has 4 N–H and O–H groups in total. The van der Waals surface area contributed by atoms with Crippen molar-refractivity contribution >= 4 is 45.3 Å². The summed E-state index contributed by atoms with van der Waals surface area (Å²) in [6, 6.07) is 3.32. The summed E-state index contributed by atoms with van der Waals surface area (Å²) in [4.78, 5) is 37.2. The van der Waals surface area contributed by atoms with E-state index in [0.717, 1.165) is 4.47 Å². The fourth-order valence-corrected chi connectivity index (χ4v) is 3.42. The number of nitrogens with two attached hydrogens (primary N) is 1. The summed E-state index contributed by atoms with van der Waals surface area (Å²) in [6.45, 7) is 1.42. The van der Waals surface area contributed by atoms with Crippen molar-refractivity contribution in [3.05, 3.63) is 33.3 Å². The van der Waals surface area contributed by atoms with Crippen LogP contribution >= 0.6 is 27.5 Å². The molecular weight excluding hydrogens is 414 g/mol. The maximum Gasteiger partial charge on any atom is 0.243 e. The number of carbonyl (C=O) groups is 3. The summed E-state index contributed by atoms with van der Waals surface area (Å²) in [5.74, 6) is -1.54. The molecule has 1 heterocycles. The molecule has 25 heavy (non-hydrogen) atoms. The fraction of sp³-hybridized carbons (Fsp3) is 0.438. The van der Waals surface area contributed by atoms with Crippen molar-refractivity contribution in [3.63, 3.8) is 0 Å². The van der Waals surface area contributed by atoms with Gasteiger partial charge in [0.1, 0.15) is 12.1 Å². The lowest BCUT2D eigenvalue weighted by Gasteiger charge is -2.24. The number of likely N-dealkylation sites (tertiary alicyclic amines) is 1. The van der Waals surface area contributed by atoms with Gasteiger partial charge in [0, 0.05) is 35.8 Å². The molecule has 0 saturated carbocycles. The Labute approximate surface area is 158 Å². The molecule has 1 aliphatic rings. The van der Waals surface area contributed by atoms with Crippen LogP contribution in [0.15, 0.2) is 22.7 Å². The van der Waals surface area contributed by atoms with Gasteiger partial charge < -0.3 is 21.1 Å². The van der Waals surface area contributed by atoms with Crippen molar-refractivity contribution in [2.75, 3.05) is 6.54 Å². The van der Waals surface area contributed by atoms with Gasteiger partial charge in [-0.05, 0) is 23.8 Å². The van der Waals surface area contributed by atoms with E-state index in [9.17, 15) is 19.5 Å². The molecule has 0 aliphatic carbocycles. The Hall–Kier alpha value is -1.64. The molecule has 3 amide bonds.